The molecule has 136 valence electrons. The van der Waals surface area contributed by atoms with Crippen molar-refractivity contribution in [3.05, 3.63) is 70.9 Å². The highest BCUT2D eigenvalue weighted by Crippen LogP contribution is 2.34. The molecule has 7 heteroatoms. The summed E-state index contributed by atoms with van der Waals surface area (Å²) in [5, 5.41) is 0.276. The SMILES string of the molecule is CCCCN1C=C(OC(=O)c2ccccc2Cl)c2ccccc2S1(=O)=O. The van der Waals surface area contributed by atoms with Crippen LogP contribution in [0.5, 0.6) is 0 Å². The number of benzene rings is 2. The number of hydrogen-bond donors (Lipinski definition) is 0. The Morgan fingerprint density at radius 2 is 1.81 bits per heavy atom. The zero-order chi connectivity index (χ0) is 18.7. The standard InChI is InChI=1S/C19H18ClNO4S/c1-2-3-12-21-13-17(15-9-5-7-11-18(15)26(21,23)24)25-19(22)14-8-4-6-10-16(14)20/h4-11,13H,2-3,12H2,1H3. The molecule has 0 N–H and O–H groups in total. The molecule has 1 aliphatic rings. The number of esters is 1. The molecule has 2 aromatic carbocycles. The van der Waals surface area contributed by atoms with Gasteiger partial charge in [0, 0.05) is 12.1 Å². The number of nitrogens with zero attached hydrogens (tertiary/aromatic N) is 1. The highest BCUT2D eigenvalue weighted by molar-refractivity contribution is 7.89. The van der Waals surface area contributed by atoms with E-state index in [4.69, 9.17) is 16.3 Å². The van der Waals surface area contributed by atoms with Crippen molar-refractivity contribution in [1.29, 1.82) is 0 Å². The third kappa shape index (κ3) is 3.48. The van der Waals surface area contributed by atoms with E-state index in [-0.39, 0.29) is 21.2 Å². The lowest BCUT2D eigenvalue weighted by molar-refractivity contribution is 0.0689. The van der Waals surface area contributed by atoms with Gasteiger partial charge in [0.15, 0.2) is 5.76 Å². The minimum absolute atomic E-state index is 0.126. The zero-order valence-corrected chi connectivity index (χ0v) is 15.8. The first-order valence-corrected chi connectivity index (χ1v) is 10.1. The van der Waals surface area contributed by atoms with E-state index in [1.54, 1.807) is 42.5 Å². The lowest BCUT2D eigenvalue weighted by Crippen LogP contribution is -2.31. The van der Waals surface area contributed by atoms with Crippen LogP contribution in [-0.4, -0.2) is 25.2 Å². The van der Waals surface area contributed by atoms with Crippen LogP contribution in [-0.2, 0) is 14.8 Å². The summed E-state index contributed by atoms with van der Waals surface area (Å²) in [6.45, 7) is 2.30. The Balaban J connectivity index is 2.00. The van der Waals surface area contributed by atoms with Gasteiger partial charge < -0.3 is 4.74 Å². The fraction of sp³-hybridized carbons (Fsp3) is 0.211. The second-order valence-corrected chi connectivity index (χ2v) is 8.09. The molecular formula is C19H18ClNO4S. The lowest BCUT2D eigenvalue weighted by atomic mass is 10.2. The summed E-state index contributed by atoms with van der Waals surface area (Å²) < 4.78 is 32.3. The molecule has 0 saturated heterocycles. The Morgan fingerprint density at radius 1 is 1.12 bits per heavy atom. The van der Waals surface area contributed by atoms with E-state index in [1.807, 2.05) is 6.92 Å². The summed E-state index contributed by atoms with van der Waals surface area (Å²) in [5.41, 5.74) is 0.585. The van der Waals surface area contributed by atoms with Gasteiger partial charge in [0.1, 0.15) is 0 Å². The molecular weight excluding hydrogens is 374 g/mol. The highest BCUT2D eigenvalue weighted by atomic mass is 35.5. The Bertz CT molecular complexity index is 969. The number of carbonyl (C=O) groups excluding carboxylic acids is 1. The minimum Gasteiger partial charge on any atom is -0.421 e. The molecule has 3 rings (SSSR count). The second kappa shape index (κ2) is 7.51. The average Bonchev–Trinajstić information content (AvgIpc) is 2.63. The number of rotatable bonds is 5. The summed E-state index contributed by atoms with van der Waals surface area (Å²) in [5.74, 6) is -0.442. The maximum Gasteiger partial charge on any atom is 0.345 e. The van der Waals surface area contributed by atoms with Gasteiger partial charge in [-0.15, -0.1) is 0 Å². The van der Waals surface area contributed by atoms with Gasteiger partial charge in [-0.25, -0.2) is 13.2 Å². The van der Waals surface area contributed by atoms with Crippen LogP contribution in [0.15, 0.2) is 59.6 Å². The summed E-state index contributed by atoms with van der Waals surface area (Å²) in [7, 11) is -3.66. The van der Waals surface area contributed by atoms with Crippen LogP contribution in [0.4, 0.5) is 0 Å². The molecule has 26 heavy (non-hydrogen) atoms. The van der Waals surface area contributed by atoms with Crippen LogP contribution >= 0.6 is 11.6 Å². The molecule has 5 nitrogen and oxygen atoms in total. The van der Waals surface area contributed by atoms with Crippen molar-refractivity contribution in [1.82, 2.24) is 4.31 Å². The monoisotopic (exact) mass is 391 g/mol. The number of ether oxygens (including phenoxy) is 1. The Hall–Kier alpha value is -2.31. The molecule has 0 aliphatic carbocycles. The topological polar surface area (TPSA) is 63.7 Å². The molecule has 1 heterocycles. The van der Waals surface area contributed by atoms with Gasteiger partial charge in [-0.3, -0.25) is 4.31 Å². The van der Waals surface area contributed by atoms with E-state index in [0.717, 1.165) is 6.42 Å². The molecule has 1 aliphatic heterocycles. The average molecular weight is 392 g/mol. The smallest absolute Gasteiger partial charge is 0.345 e. The van der Waals surface area contributed by atoms with Crippen LogP contribution < -0.4 is 0 Å². The fourth-order valence-electron chi connectivity index (χ4n) is 2.65. The normalized spacial score (nSPS) is 15.2. The predicted octanol–water partition coefficient (Wildman–Crippen LogP) is 4.30. The third-order valence-electron chi connectivity index (χ3n) is 4.03. The van der Waals surface area contributed by atoms with Crippen molar-refractivity contribution in [2.75, 3.05) is 6.54 Å². The lowest BCUT2D eigenvalue weighted by Gasteiger charge is -2.27. The quantitative estimate of drug-likeness (QED) is 0.713. The maximum atomic E-state index is 12.8. The van der Waals surface area contributed by atoms with E-state index in [0.29, 0.717) is 18.5 Å². The maximum absolute atomic E-state index is 12.8. The number of carbonyl (C=O) groups is 1. The molecule has 0 fully saturated rings. The van der Waals surface area contributed by atoms with E-state index in [2.05, 4.69) is 0 Å². The van der Waals surface area contributed by atoms with Gasteiger partial charge in [0.2, 0.25) is 0 Å². The highest BCUT2D eigenvalue weighted by Gasteiger charge is 2.32. The van der Waals surface area contributed by atoms with Gasteiger partial charge in [-0.05, 0) is 30.7 Å². The summed E-state index contributed by atoms with van der Waals surface area (Å²) in [6, 6.07) is 13.0. The first-order chi connectivity index (χ1) is 12.4. The first-order valence-electron chi connectivity index (χ1n) is 8.25. The number of fused-ring (bicyclic) bond motifs is 1. The van der Waals surface area contributed by atoms with Crippen molar-refractivity contribution in [2.45, 2.75) is 24.7 Å². The first kappa shape index (κ1) is 18.5. The number of sulfonamides is 1. The Kier molecular flexibility index (Phi) is 5.34. The molecule has 0 saturated carbocycles. The third-order valence-corrected chi connectivity index (χ3v) is 6.18. The second-order valence-electron chi connectivity index (χ2n) is 5.83. The Morgan fingerprint density at radius 3 is 2.54 bits per heavy atom. The zero-order valence-electron chi connectivity index (χ0n) is 14.2. The molecule has 0 aromatic heterocycles. The van der Waals surface area contributed by atoms with Gasteiger partial charge >= 0.3 is 5.97 Å². The van der Waals surface area contributed by atoms with Crippen LogP contribution in [0.3, 0.4) is 0 Å². The van der Waals surface area contributed by atoms with Crippen molar-refractivity contribution < 1.29 is 17.9 Å². The van der Waals surface area contributed by atoms with E-state index in [9.17, 15) is 13.2 Å². The van der Waals surface area contributed by atoms with Gasteiger partial charge in [-0.1, -0.05) is 49.2 Å². The van der Waals surface area contributed by atoms with Crippen LogP contribution in [0.25, 0.3) is 5.76 Å². The van der Waals surface area contributed by atoms with Gasteiger partial charge in [-0.2, -0.15) is 0 Å². The molecule has 0 unspecified atom stereocenters. The van der Waals surface area contributed by atoms with E-state index >= 15 is 0 Å². The van der Waals surface area contributed by atoms with E-state index < -0.39 is 16.0 Å². The number of hydrogen-bond acceptors (Lipinski definition) is 4. The van der Waals surface area contributed by atoms with Crippen molar-refractivity contribution in [3.63, 3.8) is 0 Å². The fourth-order valence-corrected chi connectivity index (χ4v) is 4.42. The summed E-state index contributed by atoms with van der Waals surface area (Å²) >= 11 is 6.05. The van der Waals surface area contributed by atoms with Crippen LogP contribution in [0.2, 0.25) is 5.02 Å². The van der Waals surface area contributed by atoms with Crippen molar-refractivity contribution in [2.24, 2.45) is 0 Å². The molecule has 0 bridgehead atoms. The van der Waals surface area contributed by atoms with Crippen LogP contribution in [0.1, 0.15) is 35.7 Å². The van der Waals surface area contributed by atoms with Crippen molar-refractivity contribution >= 4 is 33.4 Å². The summed E-state index contributed by atoms with van der Waals surface area (Å²) in [6.07, 6.45) is 2.92. The molecule has 0 radical (unpaired) electrons. The van der Waals surface area contributed by atoms with Gasteiger partial charge in [0.05, 0.1) is 21.7 Å². The molecule has 0 amide bonds. The predicted molar refractivity (Wildman–Crippen MR) is 100 cm³/mol. The number of unbranched alkanes of at least 4 members (excludes halogenated alkanes) is 1. The van der Waals surface area contributed by atoms with Crippen molar-refractivity contribution in [3.8, 4) is 0 Å². The van der Waals surface area contributed by atoms with Crippen LogP contribution in [0, 0.1) is 0 Å². The molecule has 2 aromatic rings. The number of halogens is 1. The Labute approximate surface area is 157 Å². The molecule has 0 atom stereocenters. The largest absolute Gasteiger partial charge is 0.421 e. The molecule has 0 spiro atoms. The minimum atomic E-state index is -3.66. The summed E-state index contributed by atoms with van der Waals surface area (Å²) in [4.78, 5) is 12.6. The van der Waals surface area contributed by atoms with Gasteiger partial charge in [0.25, 0.3) is 10.0 Å². The van der Waals surface area contributed by atoms with E-state index in [1.165, 1.54) is 16.6 Å².